The molecule has 1 saturated heterocycles. The lowest BCUT2D eigenvalue weighted by Gasteiger charge is -2.40. The Kier molecular flexibility index (Phi) is 6.27. The van der Waals surface area contributed by atoms with Gasteiger partial charge in [0, 0.05) is 28.3 Å². The molecule has 0 amide bonds. The van der Waals surface area contributed by atoms with Crippen LogP contribution in [-0.4, -0.2) is 78.2 Å². The number of piperidine rings is 1. The molecule has 8 nitrogen and oxygen atoms in total. The second kappa shape index (κ2) is 9.07. The van der Waals surface area contributed by atoms with Crippen molar-refractivity contribution in [2.24, 2.45) is 4.99 Å². The van der Waals surface area contributed by atoms with Gasteiger partial charge in [0.2, 0.25) is 0 Å². The van der Waals surface area contributed by atoms with Crippen molar-refractivity contribution in [2.75, 3.05) is 32.8 Å². The number of hydrogen-bond donors (Lipinski definition) is 0. The SMILES string of the molecule is CC(C)n1ncnc1C1CN2CCOc3ccc(S(=O)C4CCN(C(C)(C)C)CC4)cc3C2=N1. The van der Waals surface area contributed by atoms with E-state index in [1.807, 2.05) is 22.9 Å². The van der Waals surface area contributed by atoms with Crippen LogP contribution in [0.25, 0.3) is 0 Å². The predicted octanol–water partition coefficient (Wildman–Crippen LogP) is 3.43. The number of nitrogens with zero attached hydrogens (tertiary/aromatic N) is 6. The van der Waals surface area contributed by atoms with E-state index in [1.54, 1.807) is 6.33 Å². The van der Waals surface area contributed by atoms with Crippen LogP contribution in [0.2, 0.25) is 0 Å². The highest BCUT2D eigenvalue weighted by Crippen LogP contribution is 2.34. The highest BCUT2D eigenvalue weighted by molar-refractivity contribution is 7.85. The van der Waals surface area contributed by atoms with Crippen LogP contribution in [0, 0.1) is 0 Å². The van der Waals surface area contributed by atoms with Crippen molar-refractivity contribution in [3.05, 3.63) is 35.9 Å². The van der Waals surface area contributed by atoms with Crippen molar-refractivity contribution in [3.63, 3.8) is 0 Å². The predicted molar refractivity (Wildman–Crippen MR) is 134 cm³/mol. The van der Waals surface area contributed by atoms with Gasteiger partial charge in [0.15, 0.2) is 5.82 Å². The number of aliphatic imine (C=N–C) groups is 1. The molecule has 9 heteroatoms. The number of hydrogen-bond acceptors (Lipinski definition) is 7. The molecule has 1 aromatic carbocycles. The molecule has 4 heterocycles. The molecule has 0 aliphatic carbocycles. The summed E-state index contributed by atoms with van der Waals surface area (Å²) in [6.07, 6.45) is 3.53. The lowest BCUT2D eigenvalue weighted by Crippen LogP contribution is -2.47. The zero-order chi connectivity index (χ0) is 24.0. The molecular weight excluding hydrogens is 448 g/mol. The Morgan fingerprint density at radius 3 is 2.62 bits per heavy atom. The largest absolute Gasteiger partial charge is 0.491 e. The van der Waals surface area contributed by atoms with E-state index in [9.17, 15) is 4.21 Å². The van der Waals surface area contributed by atoms with Crippen LogP contribution >= 0.6 is 0 Å². The highest BCUT2D eigenvalue weighted by Gasteiger charge is 2.35. The maximum atomic E-state index is 13.6. The molecule has 0 bridgehead atoms. The van der Waals surface area contributed by atoms with Gasteiger partial charge in [-0.15, -0.1) is 0 Å². The summed E-state index contributed by atoms with van der Waals surface area (Å²) in [6, 6.07) is 6.16. The van der Waals surface area contributed by atoms with Crippen molar-refractivity contribution in [2.45, 2.75) is 75.2 Å². The molecule has 3 aliphatic rings. The summed E-state index contributed by atoms with van der Waals surface area (Å²) in [6.45, 7) is 15.1. The van der Waals surface area contributed by atoms with E-state index in [-0.39, 0.29) is 22.9 Å². The summed E-state index contributed by atoms with van der Waals surface area (Å²) in [5.74, 6) is 2.62. The van der Waals surface area contributed by atoms with Crippen LogP contribution in [0.5, 0.6) is 5.75 Å². The number of aromatic nitrogens is 3. The highest BCUT2D eigenvalue weighted by atomic mass is 32.2. The van der Waals surface area contributed by atoms with E-state index in [4.69, 9.17) is 9.73 Å². The quantitative estimate of drug-likeness (QED) is 0.662. The first-order chi connectivity index (χ1) is 16.2. The normalized spacial score (nSPS) is 22.7. The lowest BCUT2D eigenvalue weighted by molar-refractivity contribution is 0.112. The average Bonchev–Trinajstić information content (AvgIpc) is 3.42. The third-order valence-corrected chi connectivity index (χ3v) is 8.89. The van der Waals surface area contributed by atoms with Gasteiger partial charge in [0.05, 0.1) is 22.9 Å². The molecule has 1 aromatic heterocycles. The van der Waals surface area contributed by atoms with E-state index < -0.39 is 10.8 Å². The lowest BCUT2D eigenvalue weighted by atomic mass is 10.0. The molecule has 184 valence electrons. The summed E-state index contributed by atoms with van der Waals surface area (Å²) < 4.78 is 21.6. The molecule has 0 saturated carbocycles. The minimum Gasteiger partial charge on any atom is -0.491 e. The van der Waals surface area contributed by atoms with Gasteiger partial charge in [-0.2, -0.15) is 5.10 Å². The van der Waals surface area contributed by atoms with Crippen molar-refractivity contribution < 1.29 is 8.95 Å². The summed E-state index contributed by atoms with van der Waals surface area (Å²) in [5.41, 5.74) is 1.10. The smallest absolute Gasteiger partial charge is 0.153 e. The van der Waals surface area contributed by atoms with Crippen LogP contribution in [0.1, 0.15) is 70.9 Å². The topological polar surface area (TPSA) is 75.9 Å². The Morgan fingerprint density at radius 1 is 1.15 bits per heavy atom. The molecule has 34 heavy (non-hydrogen) atoms. The molecule has 0 radical (unpaired) electrons. The Balaban J connectivity index is 1.41. The number of likely N-dealkylation sites (tertiary alicyclic amines) is 1. The number of rotatable bonds is 4. The van der Waals surface area contributed by atoms with Crippen LogP contribution in [-0.2, 0) is 10.8 Å². The van der Waals surface area contributed by atoms with E-state index in [1.165, 1.54) is 0 Å². The molecular formula is C25H36N6O2S. The van der Waals surface area contributed by atoms with E-state index in [0.29, 0.717) is 6.61 Å². The molecule has 5 rings (SSSR count). The van der Waals surface area contributed by atoms with Crippen LogP contribution < -0.4 is 4.74 Å². The molecule has 0 N–H and O–H groups in total. The number of amidine groups is 1. The molecule has 1 fully saturated rings. The fourth-order valence-electron chi connectivity index (χ4n) is 5.17. The maximum absolute atomic E-state index is 13.6. The summed E-state index contributed by atoms with van der Waals surface area (Å²) in [5, 5.41) is 4.58. The zero-order valence-corrected chi connectivity index (χ0v) is 21.7. The van der Waals surface area contributed by atoms with Crippen LogP contribution in [0.3, 0.4) is 0 Å². The third kappa shape index (κ3) is 4.40. The average molecular weight is 485 g/mol. The Bertz CT molecular complexity index is 1100. The Hall–Kier alpha value is -2.26. The molecule has 2 aromatic rings. The third-order valence-electron chi connectivity index (χ3n) is 7.10. The Labute approximate surface area is 204 Å². The van der Waals surface area contributed by atoms with Crippen molar-refractivity contribution in [1.82, 2.24) is 24.6 Å². The second-order valence-electron chi connectivity index (χ2n) is 10.7. The van der Waals surface area contributed by atoms with Gasteiger partial charge in [-0.1, -0.05) is 0 Å². The molecule has 0 spiro atoms. The second-order valence-corrected chi connectivity index (χ2v) is 12.5. The molecule has 3 aliphatic heterocycles. The fraction of sp³-hybridized carbons (Fsp3) is 0.640. The monoisotopic (exact) mass is 484 g/mol. The molecule has 2 unspecified atom stereocenters. The number of benzene rings is 1. The summed E-state index contributed by atoms with van der Waals surface area (Å²) in [4.78, 5) is 15.2. The standard InChI is InChI=1S/C25H36N6O2S/c1-17(2)31-24(26-16-27-31)21-15-29-12-13-33-22-7-6-19(14-20(22)23(29)28-21)34(32)18-8-10-30(11-9-18)25(3,4)5/h6-7,14,16-18,21H,8-13,15H2,1-5H3. The summed E-state index contributed by atoms with van der Waals surface area (Å²) >= 11 is 0. The van der Waals surface area contributed by atoms with Crippen LogP contribution in [0.15, 0.2) is 34.4 Å². The fourth-order valence-corrected chi connectivity index (χ4v) is 6.63. The van der Waals surface area contributed by atoms with Gasteiger partial charge in [0.1, 0.15) is 30.6 Å². The van der Waals surface area contributed by atoms with Crippen molar-refractivity contribution >= 4 is 16.6 Å². The Morgan fingerprint density at radius 2 is 1.91 bits per heavy atom. The van der Waals surface area contributed by atoms with Crippen molar-refractivity contribution in [3.8, 4) is 5.75 Å². The van der Waals surface area contributed by atoms with Gasteiger partial charge in [-0.3, -0.25) is 14.1 Å². The van der Waals surface area contributed by atoms with Gasteiger partial charge in [-0.25, -0.2) is 9.67 Å². The maximum Gasteiger partial charge on any atom is 0.153 e. The first-order valence-electron chi connectivity index (χ1n) is 12.4. The van der Waals surface area contributed by atoms with Gasteiger partial charge in [0.25, 0.3) is 0 Å². The van der Waals surface area contributed by atoms with Gasteiger partial charge in [-0.05, 0) is 78.7 Å². The first kappa shape index (κ1) is 23.5. The van der Waals surface area contributed by atoms with E-state index >= 15 is 0 Å². The van der Waals surface area contributed by atoms with Crippen molar-refractivity contribution in [1.29, 1.82) is 0 Å². The van der Waals surface area contributed by atoms with E-state index in [0.717, 1.165) is 66.9 Å². The zero-order valence-electron chi connectivity index (χ0n) is 20.9. The minimum absolute atomic E-state index is 0.0678. The van der Waals surface area contributed by atoms with E-state index in [2.05, 4.69) is 54.5 Å². The first-order valence-corrected chi connectivity index (χ1v) is 13.6. The minimum atomic E-state index is -1.05. The van der Waals surface area contributed by atoms with Gasteiger partial charge >= 0.3 is 0 Å². The molecule has 2 atom stereocenters. The van der Waals surface area contributed by atoms with Gasteiger partial charge < -0.3 is 9.64 Å². The number of ether oxygens (including phenoxy) is 1. The number of fused-ring (bicyclic) bond motifs is 3. The van der Waals surface area contributed by atoms with Crippen LogP contribution in [0.4, 0.5) is 0 Å². The summed E-state index contributed by atoms with van der Waals surface area (Å²) in [7, 11) is -1.05.